The minimum absolute atomic E-state index is 0.180. The van der Waals surface area contributed by atoms with Gasteiger partial charge in [0, 0.05) is 5.56 Å². The van der Waals surface area contributed by atoms with Gasteiger partial charge in [-0.15, -0.1) is 0 Å². The van der Waals surface area contributed by atoms with Crippen LogP contribution in [0.15, 0.2) is 91.0 Å². The molecule has 4 aromatic carbocycles. The maximum Gasteiger partial charge on any atom is 0.335 e. The van der Waals surface area contributed by atoms with Gasteiger partial charge in [-0.05, 0) is 46.2 Å². The summed E-state index contributed by atoms with van der Waals surface area (Å²) in [7, 11) is 0. The molecule has 0 aliphatic carbocycles. The average molecular weight is 405 g/mol. The molecule has 4 heteroatoms. The normalized spacial score (nSPS) is 11.1. The maximum absolute atomic E-state index is 11.1. The molecular weight excluding hydrogens is 386 g/mol. The van der Waals surface area contributed by atoms with Crippen LogP contribution in [0.5, 0.6) is 5.75 Å². The fourth-order valence-electron chi connectivity index (χ4n) is 3.43. The lowest BCUT2D eigenvalue weighted by atomic mass is 10.0. The molecule has 0 aromatic heterocycles. The van der Waals surface area contributed by atoms with E-state index in [1.54, 1.807) is 18.2 Å². The number of carboxylic acid groups (broad SMARTS) is 1. The third-order valence-corrected chi connectivity index (χ3v) is 5.05. The van der Waals surface area contributed by atoms with Crippen LogP contribution in [0.3, 0.4) is 0 Å². The van der Waals surface area contributed by atoms with Crippen molar-refractivity contribution < 1.29 is 14.6 Å². The zero-order chi connectivity index (χ0) is 21.6. The van der Waals surface area contributed by atoms with Crippen LogP contribution in [0.25, 0.3) is 22.4 Å². The Balaban J connectivity index is 1.62. The lowest BCUT2D eigenvalue weighted by Gasteiger charge is -2.12. The summed E-state index contributed by atoms with van der Waals surface area (Å²) in [4.78, 5) is 11.1. The highest BCUT2D eigenvalue weighted by Gasteiger charge is 2.08. The first-order valence-corrected chi connectivity index (χ1v) is 9.80. The molecule has 0 unspecified atom stereocenters. The SMILES string of the molecule is N#C/C(=C/c1ccccc1OCc1cccc2ccccc12)c1ccc(C(=O)O)cc1. The Bertz CT molecular complexity index is 1310. The fraction of sp³-hybridized carbons (Fsp3) is 0.0370. The Hall–Kier alpha value is -4.36. The van der Waals surface area contributed by atoms with Gasteiger partial charge in [0.25, 0.3) is 0 Å². The molecule has 0 radical (unpaired) electrons. The minimum Gasteiger partial charge on any atom is -0.488 e. The van der Waals surface area contributed by atoms with Gasteiger partial charge in [-0.25, -0.2) is 4.79 Å². The number of nitrogens with zero attached hydrogens (tertiary/aromatic N) is 1. The van der Waals surface area contributed by atoms with Crippen molar-refractivity contribution in [3.8, 4) is 11.8 Å². The number of rotatable bonds is 6. The van der Waals surface area contributed by atoms with E-state index in [4.69, 9.17) is 9.84 Å². The van der Waals surface area contributed by atoms with Crippen molar-refractivity contribution >= 4 is 28.4 Å². The molecule has 4 nitrogen and oxygen atoms in total. The Labute approximate surface area is 180 Å². The number of allylic oxidation sites excluding steroid dienone is 1. The summed E-state index contributed by atoms with van der Waals surface area (Å²) in [5.74, 6) is -0.327. The largest absolute Gasteiger partial charge is 0.488 e. The number of fused-ring (bicyclic) bond motifs is 1. The number of hydrogen-bond donors (Lipinski definition) is 1. The Morgan fingerprint density at radius 2 is 1.55 bits per heavy atom. The molecule has 1 N–H and O–H groups in total. The number of aromatic carboxylic acids is 1. The van der Waals surface area contributed by atoms with Crippen molar-refractivity contribution in [1.29, 1.82) is 5.26 Å². The molecule has 0 aliphatic heterocycles. The van der Waals surface area contributed by atoms with Gasteiger partial charge >= 0.3 is 5.97 Å². The van der Waals surface area contributed by atoms with Crippen LogP contribution in [-0.2, 0) is 6.61 Å². The lowest BCUT2D eigenvalue weighted by Crippen LogP contribution is -1.98. The highest BCUT2D eigenvalue weighted by atomic mass is 16.5. The lowest BCUT2D eigenvalue weighted by molar-refractivity contribution is 0.0697. The van der Waals surface area contributed by atoms with Crippen molar-refractivity contribution in [3.05, 3.63) is 113 Å². The highest BCUT2D eigenvalue weighted by Crippen LogP contribution is 2.27. The van der Waals surface area contributed by atoms with E-state index in [1.807, 2.05) is 48.5 Å². The Morgan fingerprint density at radius 3 is 2.32 bits per heavy atom. The third-order valence-electron chi connectivity index (χ3n) is 5.05. The van der Waals surface area contributed by atoms with E-state index in [0.717, 1.165) is 21.9 Å². The van der Waals surface area contributed by atoms with Gasteiger partial charge in [-0.2, -0.15) is 5.26 Å². The molecule has 0 amide bonds. The number of para-hydroxylation sites is 1. The van der Waals surface area contributed by atoms with E-state index in [0.29, 0.717) is 23.5 Å². The first-order valence-electron chi connectivity index (χ1n) is 9.80. The zero-order valence-electron chi connectivity index (χ0n) is 16.7. The van der Waals surface area contributed by atoms with E-state index >= 15 is 0 Å². The number of ether oxygens (including phenoxy) is 1. The standard InChI is InChI=1S/C27H19NO3/c28-17-24(19-12-14-21(15-13-19)27(29)30)16-22-7-2-4-11-26(22)31-18-23-9-5-8-20-6-1-3-10-25(20)23/h1-16H,18H2,(H,29,30)/b24-16-. The van der Waals surface area contributed by atoms with Gasteiger partial charge in [0.1, 0.15) is 12.4 Å². The monoisotopic (exact) mass is 405 g/mol. The molecule has 0 atom stereocenters. The van der Waals surface area contributed by atoms with Gasteiger partial charge in [-0.1, -0.05) is 72.8 Å². The van der Waals surface area contributed by atoms with Gasteiger partial charge < -0.3 is 9.84 Å². The van der Waals surface area contributed by atoms with Gasteiger partial charge in [-0.3, -0.25) is 0 Å². The average Bonchev–Trinajstić information content (AvgIpc) is 2.82. The number of benzene rings is 4. The zero-order valence-corrected chi connectivity index (χ0v) is 16.7. The van der Waals surface area contributed by atoms with E-state index < -0.39 is 5.97 Å². The predicted molar refractivity (Wildman–Crippen MR) is 122 cm³/mol. The smallest absolute Gasteiger partial charge is 0.335 e. The molecule has 0 heterocycles. The van der Waals surface area contributed by atoms with Crippen molar-refractivity contribution in [2.45, 2.75) is 6.61 Å². The van der Waals surface area contributed by atoms with Crippen LogP contribution in [0.2, 0.25) is 0 Å². The molecule has 0 fully saturated rings. The number of carbonyl (C=O) groups is 1. The summed E-state index contributed by atoms with van der Waals surface area (Å²) in [5.41, 5.74) is 3.12. The summed E-state index contributed by atoms with van der Waals surface area (Å²) in [6, 6.07) is 30.3. The first kappa shape index (κ1) is 19.9. The van der Waals surface area contributed by atoms with E-state index in [2.05, 4.69) is 24.3 Å². The topological polar surface area (TPSA) is 70.3 Å². The first-order chi connectivity index (χ1) is 15.2. The minimum atomic E-state index is -0.999. The number of hydrogen-bond acceptors (Lipinski definition) is 3. The second-order valence-electron chi connectivity index (χ2n) is 7.02. The summed E-state index contributed by atoms with van der Waals surface area (Å²) in [6.45, 7) is 0.404. The second kappa shape index (κ2) is 8.98. The summed E-state index contributed by atoms with van der Waals surface area (Å²) < 4.78 is 6.13. The number of nitriles is 1. The predicted octanol–water partition coefficient (Wildman–Crippen LogP) is 6.18. The second-order valence-corrected chi connectivity index (χ2v) is 7.02. The molecule has 0 saturated carbocycles. The highest BCUT2D eigenvalue weighted by molar-refractivity contribution is 5.92. The van der Waals surface area contributed by atoms with Crippen LogP contribution < -0.4 is 4.74 Å². The molecule has 0 aliphatic rings. The molecular formula is C27H19NO3. The van der Waals surface area contributed by atoms with Crippen molar-refractivity contribution in [1.82, 2.24) is 0 Å². The molecule has 150 valence electrons. The van der Waals surface area contributed by atoms with Crippen molar-refractivity contribution in [3.63, 3.8) is 0 Å². The van der Waals surface area contributed by atoms with Crippen molar-refractivity contribution in [2.75, 3.05) is 0 Å². The van der Waals surface area contributed by atoms with Gasteiger partial charge in [0.05, 0.1) is 17.2 Å². The van der Waals surface area contributed by atoms with Crippen molar-refractivity contribution in [2.24, 2.45) is 0 Å². The van der Waals surface area contributed by atoms with Crippen LogP contribution in [-0.4, -0.2) is 11.1 Å². The van der Waals surface area contributed by atoms with E-state index in [-0.39, 0.29) is 5.56 Å². The Morgan fingerprint density at radius 1 is 0.871 bits per heavy atom. The summed E-state index contributed by atoms with van der Waals surface area (Å²) >= 11 is 0. The molecule has 4 aromatic rings. The molecule has 0 bridgehead atoms. The van der Waals surface area contributed by atoms with Crippen LogP contribution in [0, 0.1) is 11.3 Å². The Kier molecular flexibility index (Phi) is 5.77. The third kappa shape index (κ3) is 4.47. The van der Waals surface area contributed by atoms with E-state index in [9.17, 15) is 10.1 Å². The molecule has 4 rings (SSSR count). The molecule has 0 saturated heterocycles. The fourth-order valence-corrected chi connectivity index (χ4v) is 3.43. The molecule has 31 heavy (non-hydrogen) atoms. The van der Waals surface area contributed by atoms with E-state index in [1.165, 1.54) is 12.1 Å². The molecule has 0 spiro atoms. The summed E-state index contributed by atoms with van der Waals surface area (Å²) in [5, 5.41) is 21.0. The van der Waals surface area contributed by atoms with Gasteiger partial charge in [0.15, 0.2) is 0 Å². The van der Waals surface area contributed by atoms with Crippen LogP contribution >= 0.6 is 0 Å². The maximum atomic E-state index is 11.1. The van der Waals surface area contributed by atoms with Gasteiger partial charge in [0.2, 0.25) is 0 Å². The van der Waals surface area contributed by atoms with Crippen LogP contribution in [0.4, 0.5) is 0 Å². The summed E-state index contributed by atoms with van der Waals surface area (Å²) in [6.07, 6.45) is 1.76. The number of carboxylic acids is 1. The quantitative estimate of drug-likeness (QED) is 0.307. The van der Waals surface area contributed by atoms with Crippen LogP contribution in [0.1, 0.15) is 27.0 Å².